The van der Waals surface area contributed by atoms with Gasteiger partial charge in [0.25, 0.3) is 5.91 Å². The monoisotopic (exact) mass is 336 g/mol. The minimum atomic E-state index is -4.62. The van der Waals surface area contributed by atoms with Gasteiger partial charge in [0.05, 0.1) is 11.3 Å². The molecule has 1 saturated heterocycles. The van der Waals surface area contributed by atoms with Crippen molar-refractivity contribution in [3.8, 4) is 0 Å². The zero-order valence-electron chi connectivity index (χ0n) is 11.9. The van der Waals surface area contributed by atoms with Crippen LogP contribution >= 0.6 is 11.6 Å². The topological polar surface area (TPSA) is 53.4 Å². The van der Waals surface area contributed by atoms with Crippen molar-refractivity contribution in [1.82, 2.24) is 9.88 Å². The Balaban J connectivity index is 2.01. The summed E-state index contributed by atoms with van der Waals surface area (Å²) in [6.45, 7) is 2.01. The molecular weight excluding hydrogens is 321 g/mol. The Hall–Kier alpha value is -1.34. The molecule has 1 unspecified atom stereocenters. The van der Waals surface area contributed by atoms with Gasteiger partial charge >= 0.3 is 6.18 Å². The molecule has 0 aromatic carbocycles. The highest BCUT2D eigenvalue weighted by molar-refractivity contribution is 6.29. The van der Waals surface area contributed by atoms with Gasteiger partial charge in [0.15, 0.2) is 6.10 Å². The molecule has 122 valence electrons. The number of aryl methyl sites for hydroxylation is 1. The highest BCUT2D eigenvalue weighted by atomic mass is 35.5. The molecule has 1 N–H and O–H groups in total. The van der Waals surface area contributed by atoms with Crippen molar-refractivity contribution >= 4 is 17.5 Å². The molecule has 1 aromatic heterocycles. The van der Waals surface area contributed by atoms with E-state index in [1.165, 1.54) is 11.0 Å². The fraction of sp³-hybridized carbons (Fsp3) is 0.571. The standard InChI is InChI=1S/C14H16ClF3N2O2/c1-8-10(2-3-11(15)19-8)13(22)20-6-4-9(5-7-20)12(21)14(16,17)18/h2-3,9,12,21H,4-7H2,1H3. The molecule has 4 nitrogen and oxygen atoms in total. The molecule has 0 bridgehead atoms. The Morgan fingerprint density at radius 3 is 2.50 bits per heavy atom. The Labute approximate surface area is 130 Å². The Morgan fingerprint density at radius 1 is 1.41 bits per heavy atom. The molecule has 0 aliphatic carbocycles. The van der Waals surface area contributed by atoms with Crippen LogP contribution in [-0.4, -0.2) is 46.3 Å². The molecule has 8 heteroatoms. The van der Waals surface area contributed by atoms with E-state index in [0.717, 1.165) is 0 Å². The van der Waals surface area contributed by atoms with Crippen LogP contribution in [0, 0.1) is 12.8 Å². The number of aliphatic hydroxyl groups excluding tert-OH is 1. The van der Waals surface area contributed by atoms with Crippen LogP contribution < -0.4 is 0 Å². The second-order valence-electron chi connectivity index (χ2n) is 5.38. The number of pyridine rings is 1. The third-order valence-corrected chi connectivity index (χ3v) is 4.10. The number of likely N-dealkylation sites (tertiary alicyclic amines) is 1. The summed E-state index contributed by atoms with van der Waals surface area (Å²) >= 11 is 5.73. The van der Waals surface area contributed by atoms with Gasteiger partial charge in [-0.2, -0.15) is 13.2 Å². The predicted molar refractivity (Wildman–Crippen MR) is 74.7 cm³/mol. The van der Waals surface area contributed by atoms with Gasteiger partial charge in [0.2, 0.25) is 0 Å². The van der Waals surface area contributed by atoms with Crippen LogP contribution in [0.1, 0.15) is 28.9 Å². The highest BCUT2D eigenvalue weighted by Gasteiger charge is 2.44. The third-order valence-electron chi connectivity index (χ3n) is 3.89. The molecule has 0 saturated carbocycles. The van der Waals surface area contributed by atoms with E-state index in [2.05, 4.69) is 4.98 Å². The molecule has 1 atom stereocenters. The number of hydrogen-bond donors (Lipinski definition) is 1. The van der Waals surface area contributed by atoms with E-state index in [-0.39, 0.29) is 37.0 Å². The first kappa shape index (κ1) is 17.0. The first-order chi connectivity index (χ1) is 10.2. The lowest BCUT2D eigenvalue weighted by Gasteiger charge is -2.34. The number of alkyl halides is 3. The largest absolute Gasteiger partial charge is 0.414 e. The number of halogens is 4. The van der Waals surface area contributed by atoms with Gasteiger partial charge in [-0.1, -0.05) is 11.6 Å². The quantitative estimate of drug-likeness (QED) is 0.845. The number of piperidine rings is 1. The van der Waals surface area contributed by atoms with Gasteiger partial charge in [-0.3, -0.25) is 4.79 Å². The Bertz CT molecular complexity index is 558. The third kappa shape index (κ3) is 3.70. The summed E-state index contributed by atoms with van der Waals surface area (Å²) in [6, 6.07) is 3.06. The van der Waals surface area contributed by atoms with Crippen LogP contribution in [0.15, 0.2) is 12.1 Å². The van der Waals surface area contributed by atoms with Crippen molar-refractivity contribution in [2.24, 2.45) is 5.92 Å². The van der Waals surface area contributed by atoms with Crippen molar-refractivity contribution in [3.05, 3.63) is 28.5 Å². The predicted octanol–water partition coefficient (Wildman–Crippen LogP) is 2.82. The lowest BCUT2D eigenvalue weighted by atomic mass is 9.90. The molecule has 0 spiro atoms. The Kier molecular flexibility index (Phi) is 4.97. The van der Waals surface area contributed by atoms with Crippen LogP contribution in [0.5, 0.6) is 0 Å². The number of carbonyl (C=O) groups excluding carboxylic acids is 1. The summed E-state index contributed by atoms with van der Waals surface area (Å²) in [4.78, 5) is 17.8. The van der Waals surface area contributed by atoms with Gasteiger partial charge in [-0.25, -0.2) is 4.98 Å². The van der Waals surface area contributed by atoms with E-state index in [9.17, 15) is 23.1 Å². The van der Waals surface area contributed by atoms with Crippen molar-refractivity contribution in [2.45, 2.75) is 32.0 Å². The second-order valence-corrected chi connectivity index (χ2v) is 5.77. The molecule has 1 aromatic rings. The lowest BCUT2D eigenvalue weighted by Crippen LogP contribution is -2.45. The first-order valence-corrected chi connectivity index (χ1v) is 7.25. The number of nitrogens with zero attached hydrogens (tertiary/aromatic N) is 2. The number of aromatic nitrogens is 1. The summed E-state index contributed by atoms with van der Waals surface area (Å²) in [7, 11) is 0. The van der Waals surface area contributed by atoms with Crippen LogP contribution in [-0.2, 0) is 0 Å². The summed E-state index contributed by atoms with van der Waals surface area (Å²) in [6.07, 6.45) is -6.71. The smallest absolute Gasteiger partial charge is 0.383 e. The summed E-state index contributed by atoms with van der Waals surface area (Å²) in [5, 5.41) is 9.55. The van der Waals surface area contributed by atoms with Gasteiger partial charge < -0.3 is 10.0 Å². The maximum absolute atomic E-state index is 12.5. The molecule has 1 aliphatic heterocycles. The second kappa shape index (κ2) is 6.42. The van der Waals surface area contributed by atoms with Crippen molar-refractivity contribution < 1.29 is 23.1 Å². The van der Waals surface area contributed by atoms with Gasteiger partial charge in [-0.05, 0) is 37.8 Å². The average molecular weight is 337 g/mol. The van der Waals surface area contributed by atoms with Crippen molar-refractivity contribution in [3.63, 3.8) is 0 Å². The van der Waals surface area contributed by atoms with Crippen molar-refractivity contribution in [1.29, 1.82) is 0 Å². The number of rotatable bonds is 2. The molecule has 1 amide bonds. The fourth-order valence-electron chi connectivity index (χ4n) is 2.61. The summed E-state index contributed by atoms with van der Waals surface area (Å²) in [5.41, 5.74) is 0.870. The summed E-state index contributed by atoms with van der Waals surface area (Å²) < 4.78 is 37.5. The fourth-order valence-corrected chi connectivity index (χ4v) is 2.80. The average Bonchev–Trinajstić information content (AvgIpc) is 2.45. The van der Waals surface area contributed by atoms with Crippen molar-refractivity contribution in [2.75, 3.05) is 13.1 Å². The minimum absolute atomic E-state index is 0.118. The molecule has 2 heterocycles. The highest BCUT2D eigenvalue weighted by Crippen LogP contribution is 2.32. The van der Waals surface area contributed by atoms with E-state index in [4.69, 9.17) is 11.6 Å². The number of carbonyl (C=O) groups is 1. The minimum Gasteiger partial charge on any atom is -0.383 e. The maximum atomic E-state index is 12.5. The molecule has 2 rings (SSSR count). The molecule has 1 aliphatic rings. The van der Waals surface area contributed by atoms with E-state index in [0.29, 0.717) is 11.3 Å². The van der Waals surface area contributed by atoms with E-state index >= 15 is 0 Å². The van der Waals surface area contributed by atoms with Crippen LogP contribution in [0.4, 0.5) is 13.2 Å². The zero-order chi connectivity index (χ0) is 16.5. The maximum Gasteiger partial charge on any atom is 0.414 e. The molecule has 1 fully saturated rings. The number of amides is 1. The summed E-state index contributed by atoms with van der Waals surface area (Å²) in [5.74, 6) is -1.14. The number of aliphatic hydroxyl groups is 1. The first-order valence-electron chi connectivity index (χ1n) is 6.87. The van der Waals surface area contributed by atoms with E-state index < -0.39 is 18.2 Å². The van der Waals surface area contributed by atoms with Crippen LogP contribution in [0.3, 0.4) is 0 Å². The number of hydrogen-bond acceptors (Lipinski definition) is 3. The lowest BCUT2D eigenvalue weighted by molar-refractivity contribution is -0.222. The van der Waals surface area contributed by atoms with Crippen LogP contribution in [0.25, 0.3) is 0 Å². The van der Waals surface area contributed by atoms with Gasteiger partial charge in [0.1, 0.15) is 5.15 Å². The van der Waals surface area contributed by atoms with E-state index in [1.54, 1.807) is 13.0 Å². The normalized spacial score (nSPS) is 18.4. The molecule has 22 heavy (non-hydrogen) atoms. The Morgan fingerprint density at radius 2 is 2.00 bits per heavy atom. The molecule has 0 radical (unpaired) electrons. The van der Waals surface area contributed by atoms with Gasteiger partial charge in [-0.15, -0.1) is 0 Å². The zero-order valence-corrected chi connectivity index (χ0v) is 12.7. The molecular formula is C14H16ClF3N2O2. The van der Waals surface area contributed by atoms with E-state index in [1.807, 2.05) is 0 Å². The SMILES string of the molecule is Cc1nc(Cl)ccc1C(=O)N1CCC(C(O)C(F)(F)F)CC1. The van der Waals surface area contributed by atoms with Crippen LogP contribution in [0.2, 0.25) is 5.15 Å². The van der Waals surface area contributed by atoms with Gasteiger partial charge in [0, 0.05) is 13.1 Å².